The summed E-state index contributed by atoms with van der Waals surface area (Å²) in [6.45, 7) is 6.17. The van der Waals surface area contributed by atoms with E-state index in [1.165, 1.54) is 16.4 Å². The van der Waals surface area contributed by atoms with Gasteiger partial charge in [0.2, 0.25) is 10.0 Å². The highest BCUT2D eigenvalue weighted by Crippen LogP contribution is 2.49. The predicted octanol–water partition coefficient (Wildman–Crippen LogP) is 8.43. The number of nitrogens with zero attached hydrogens (tertiary/aromatic N) is 1. The number of nitrogens with one attached hydrogen (secondary N) is 1. The summed E-state index contributed by atoms with van der Waals surface area (Å²) < 4.78 is 30.5. The van der Waals surface area contributed by atoms with E-state index in [9.17, 15) is 13.5 Å². The molecule has 0 spiro atoms. The zero-order valence-electron chi connectivity index (χ0n) is 20.6. The Morgan fingerprint density at radius 1 is 0.972 bits per heavy atom. The molecule has 5 nitrogen and oxygen atoms in total. The van der Waals surface area contributed by atoms with E-state index in [1.54, 1.807) is 0 Å². The first-order valence-electron chi connectivity index (χ1n) is 12.3. The monoisotopic (exact) mass is 544 g/mol. The van der Waals surface area contributed by atoms with Crippen LogP contribution >= 0.6 is 23.2 Å². The molecule has 0 radical (unpaired) electrons. The van der Waals surface area contributed by atoms with Crippen LogP contribution < -0.4 is 4.31 Å². The van der Waals surface area contributed by atoms with E-state index in [1.807, 2.05) is 36.4 Å². The summed E-state index contributed by atoms with van der Waals surface area (Å²) >= 11 is 13.0. The normalized spacial score (nSPS) is 15.6. The molecule has 1 aliphatic rings. The van der Waals surface area contributed by atoms with E-state index in [-0.39, 0.29) is 21.5 Å². The van der Waals surface area contributed by atoms with E-state index in [4.69, 9.17) is 23.2 Å². The molecule has 0 amide bonds. The molecule has 3 aromatic carbocycles. The van der Waals surface area contributed by atoms with Crippen LogP contribution in [-0.2, 0) is 15.4 Å². The minimum absolute atomic E-state index is 0.0419. The highest BCUT2D eigenvalue weighted by molar-refractivity contribution is 7.93. The maximum absolute atomic E-state index is 14.5. The van der Waals surface area contributed by atoms with Crippen molar-refractivity contribution in [2.45, 2.75) is 63.5 Å². The van der Waals surface area contributed by atoms with Crippen molar-refractivity contribution in [3.8, 4) is 5.75 Å². The Morgan fingerprint density at radius 3 is 2.36 bits per heavy atom. The van der Waals surface area contributed by atoms with Crippen molar-refractivity contribution < 1.29 is 13.5 Å². The lowest BCUT2D eigenvalue weighted by Gasteiger charge is -2.34. The summed E-state index contributed by atoms with van der Waals surface area (Å²) in [6.07, 6.45) is 3.95. The third-order valence-corrected chi connectivity index (χ3v) is 9.89. The van der Waals surface area contributed by atoms with Gasteiger partial charge in [0.25, 0.3) is 0 Å². The predicted molar refractivity (Wildman–Crippen MR) is 151 cm³/mol. The smallest absolute Gasteiger partial charge is 0.242 e. The number of H-pyrrole nitrogens is 1. The number of phenolic OH excluding ortho intramolecular Hbond substituents is 1. The maximum atomic E-state index is 14.5. The molecule has 36 heavy (non-hydrogen) atoms. The Labute approximate surface area is 222 Å². The summed E-state index contributed by atoms with van der Waals surface area (Å²) in [6, 6.07) is 14.8. The summed E-state index contributed by atoms with van der Waals surface area (Å²) in [5.74, 6) is -0.194. The first-order chi connectivity index (χ1) is 17.0. The minimum atomic E-state index is -3.91. The second-order valence-electron chi connectivity index (χ2n) is 10.6. The van der Waals surface area contributed by atoms with Crippen molar-refractivity contribution in [3.05, 3.63) is 64.3 Å². The molecule has 4 aromatic rings. The van der Waals surface area contributed by atoms with E-state index < -0.39 is 20.7 Å². The molecule has 8 heteroatoms. The van der Waals surface area contributed by atoms with E-state index in [2.05, 4.69) is 25.8 Å². The van der Waals surface area contributed by atoms with Crippen LogP contribution in [0.4, 0.5) is 11.4 Å². The number of rotatable bonds is 4. The van der Waals surface area contributed by atoms with Crippen LogP contribution in [0.25, 0.3) is 21.7 Å². The molecule has 2 N–H and O–H groups in total. The fourth-order valence-corrected chi connectivity index (χ4v) is 7.81. The molecule has 0 atom stereocenters. The lowest BCUT2D eigenvalue weighted by molar-refractivity contribution is 0.475. The number of hydrogen-bond acceptors (Lipinski definition) is 3. The third-order valence-electron chi connectivity index (χ3n) is 7.08. The number of benzene rings is 3. The van der Waals surface area contributed by atoms with Crippen molar-refractivity contribution >= 4 is 66.3 Å². The highest BCUT2D eigenvalue weighted by Gasteiger charge is 2.40. The molecule has 1 aromatic heterocycles. The SMILES string of the molecule is CC(C)(C)c1[nH]c2ccc3ccccc3c2c1N(c1cc(Cl)c(O)cc1Cl)S(=O)(=O)C1CCCCC1. The van der Waals surface area contributed by atoms with Crippen LogP contribution in [-0.4, -0.2) is 23.8 Å². The van der Waals surface area contributed by atoms with Crippen LogP contribution in [0.5, 0.6) is 5.75 Å². The summed E-state index contributed by atoms with van der Waals surface area (Å²) in [7, 11) is -3.91. The standard InChI is InChI=1S/C28H30Cl2N2O3S/c1-28(2,3)27-26(25-19-12-8-7-9-17(19)13-14-22(25)31-27)32(23-15-21(30)24(33)16-20(23)29)36(34,35)18-10-5-4-6-11-18/h7-9,12-16,18,31,33H,4-6,10-11H2,1-3H3. The molecular formula is C28H30Cl2N2O3S. The van der Waals surface area contributed by atoms with Crippen molar-refractivity contribution in [1.82, 2.24) is 4.98 Å². The Hall–Kier alpha value is -2.41. The number of aromatic nitrogens is 1. The molecule has 1 heterocycles. The van der Waals surface area contributed by atoms with Crippen molar-refractivity contribution in [1.29, 1.82) is 0 Å². The number of sulfonamides is 1. The van der Waals surface area contributed by atoms with Gasteiger partial charge in [-0.15, -0.1) is 0 Å². The van der Waals surface area contributed by atoms with Gasteiger partial charge < -0.3 is 10.1 Å². The number of hydrogen-bond donors (Lipinski definition) is 2. The first-order valence-corrected chi connectivity index (χ1v) is 14.5. The van der Waals surface area contributed by atoms with Gasteiger partial charge in [0.15, 0.2) is 0 Å². The maximum Gasteiger partial charge on any atom is 0.242 e. The minimum Gasteiger partial charge on any atom is -0.506 e. The second-order valence-corrected chi connectivity index (χ2v) is 13.5. The Bertz CT molecular complexity index is 1570. The molecular weight excluding hydrogens is 515 g/mol. The Morgan fingerprint density at radius 2 is 1.67 bits per heavy atom. The Kier molecular flexibility index (Phi) is 6.42. The molecule has 1 aliphatic carbocycles. The van der Waals surface area contributed by atoms with Gasteiger partial charge >= 0.3 is 0 Å². The van der Waals surface area contributed by atoms with Crippen molar-refractivity contribution in [3.63, 3.8) is 0 Å². The molecule has 5 rings (SSSR count). The van der Waals surface area contributed by atoms with E-state index in [0.29, 0.717) is 18.5 Å². The van der Waals surface area contributed by atoms with Crippen LogP contribution in [0.2, 0.25) is 10.0 Å². The van der Waals surface area contributed by atoms with Gasteiger partial charge in [-0.2, -0.15) is 0 Å². The fourth-order valence-electron chi connectivity index (χ4n) is 5.27. The number of fused-ring (bicyclic) bond motifs is 3. The number of aromatic hydroxyl groups is 1. The number of anilines is 2. The van der Waals surface area contributed by atoms with Crippen molar-refractivity contribution in [2.75, 3.05) is 4.31 Å². The molecule has 1 saturated carbocycles. The molecule has 0 aliphatic heterocycles. The summed E-state index contributed by atoms with van der Waals surface area (Å²) in [5.41, 5.74) is 2.02. The van der Waals surface area contributed by atoms with Gasteiger partial charge in [0.1, 0.15) is 5.75 Å². The molecule has 190 valence electrons. The fraction of sp³-hybridized carbons (Fsp3) is 0.357. The van der Waals surface area contributed by atoms with E-state index >= 15 is 0 Å². The number of phenols is 1. The van der Waals surface area contributed by atoms with Crippen LogP contribution in [0.15, 0.2) is 48.5 Å². The topological polar surface area (TPSA) is 73.4 Å². The molecule has 0 bridgehead atoms. The summed E-state index contributed by atoms with van der Waals surface area (Å²) in [4.78, 5) is 3.54. The van der Waals surface area contributed by atoms with Gasteiger partial charge in [0.05, 0.1) is 26.7 Å². The molecule has 1 fully saturated rings. The lowest BCUT2D eigenvalue weighted by Crippen LogP contribution is -2.38. The van der Waals surface area contributed by atoms with Gasteiger partial charge in [-0.25, -0.2) is 12.7 Å². The third kappa shape index (κ3) is 4.23. The average molecular weight is 546 g/mol. The van der Waals surface area contributed by atoms with Crippen molar-refractivity contribution in [2.24, 2.45) is 0 Å². The van der Waals surface area contributed by atoms with Gasteiger partial charge in [-0.3, -0.25) is 0 Å². The van der Waals surface area contributed by atoms with E-state index in [0.717, 1.165) is 46.6 Å². The zero-order chi connectivity index (χ0) is 25.8. The van der Waals surface area contributed by atoms with Crippen LogP contribution in [0.1, 0.15) is 58.6 Å². The Balaban J connectivity index is 1.93. The van der Waals surface area contributed by atoms with Gasteiger partial charge in [-0.1, -0.05) is 93.6 Å². The first kappa shape index (κ1) is 25.2. The highest BCUT2D eigenvalue weighted by atomic mass is 35.5. The quantitative estimate of drug-likeness (QED) is 0.270. The van der Waals surface area contributed by atoms with Crippen LogP contribution in [0, 0.1) is 0 Å². The average Bonchev–Trinajstić information content (AvgIpc) is 3.23. The number of aromatic amines is 1. The largest absolute Gasteiger partial charge is 0.506 e. The second kappa shape index (κ2) is 9.16. The van der Waals surface area contributed by atoms with Crippen LogP contribution in [0.3, 0.4) is 0 Å². The molecule has 0 unspecified atom stereocenters. The number of halogens is 2. The van der Waals surface area contributed by atoms with Gasteiger partial charge in [-0.05, 0) is 35.7 Å². The zero-order valence-corrected chi connectivity index (χ0v) is 22.9. The van der Waals surface area contributed by atoms with Gasteiger partial charge in [0, 0.05) is 28.1 Å². The molecule has 0 saturated heterocycles. The summed E-state index contributed by atoms with van der Waals surface area (Å²) in [5, 5.41) is 12.6. The lowest BCUT2D eigenvalue weighted by atomic mass is 9.90.